The Morgan fingerprint density at radius 1 is 0.875 bits per heavy atom. The SMILES string of the molecule is Br.N#CC(CC1CCCCN1CCc1ccc(Cl)cc1)(c1ccccc1)c1ccccc1. The van der Waals surface area contributed by atoms with E-state index in [1.807, 2.05) is 48.5 Å². The second kappa shape index (κ2) is 11.7. The summed E-state index contributed by atoms with van der Waals surface area (Å²) in [5, 5.41) is 11.3. The largest absolute Gasteiger partial charge is 0.300 e. The first-order valence-electron chi connectivity index (χ1n) is 11.2. The summed E-state index contributed by atoms with van der Waals surface area (Å²) in [6.45, 7) is 2.11. The summed E-state index contributed by atoms with van der Waals surface area (Å²) < 4.78 is 0. The number of hydrogen-bond donors (Lipinski definition) is 0. The number of benzene rings is 3. The van der Waals surface area contributed by atoms with Gasteiger partial charge in [0.2, 0.25) is 0 Å². The molecule has 1 aliphatic heterocycles. The molecule has 1 fully saturated rings. The van der Waals surface area contributed by atoms with Gasteiger partial charge in [-0.2, -0.15) is 5.26 Å². The minimum atomic E-state index is -0.636. The Morgan fingerprint density at radius 3 is 2.03 bits per heavy atom. The predicted octanol–water partition coefficient (Wildman–Crippen LogP) is 7.21. The molecular weight excluding hydrogens is 480 g/mol. The maximum absolute atomic E-state index is 10.6. The summed E-state index contributed by atoms with van der Waals surface area (Å²) in [6, 6.07) is 32.0. The highest BCUT2D eigenvalue weighted by atomic mass is 79.9. The number of hydrogen-bond acceptors (Lipinski definition) is 2. The normalized spacial score (nSPS) is 16.7. The van der Waals surface area contributed by atoms with Crippen molar-refractivity contribution in [1.29, 1.82) is 5.26 Å². The van der Waals surface area contributed by atoms with Crippen molar-refractivity contribution < 1.29 is 0 Å². The Kier molecular flexibility index (Phi) is 8.93. The van der Waals surface area contributed by atoms with Crippen LogP contribution >= 0.6 is 28.6 Å². The van der Waals surface area contributed by atoms with Crippen molar-refractivity contribution in [3.63, 3.8) is 0 Å². The number of halogens is 2. The molecule has 0 aromatic heterocycles. The molecule has 166 valence electrons. The number of rotatable bonds is 7. The number of piperidine rings is 1. The van der Waals surface area contributed by atoms with E-state index in [1.165, 1.54) is 18.4 Å². The van der Waals surface area contributed by atoms with Gasteiger partial charge in [-0.1, -0.05) is 90.8 Å². The fourth-order valence-electron chi connectivity index (χ4n) is 4.89. The van der Waals surface area contributed by atoms with Crippen LogP contribution in [0.3, 0.4) is 0 Å². The molecule has 0 bridgehead atoms. The van der Waals surface area contributed by atoms with E-state index < -0.39 is 5.41 Å². The van der Waals surface area contributed by atoms with Crippen molar-refractivity contribution in [1.82, 2.24) is 4.90 Å². The van der Waals surface area contributed by atoms with Gasteiger partial charge in [-0.25, -0.2) is 0 Å². The zero-order chi connectivity index (χ0) is 21.5. The van der Waals surface area contributed by atoms with Gasteiger partial charge in [0, 0.05) is 17.6 Å². The minimum absolute atomic E-state index is 0. The molecule has 0 saturated carbocycles. The number of nitrogens with zero attached hydrogens (tertiary/aromatic N) is 2. The molecule has 1 atom stereocenters. The first kappa shape index (κ1) is 24.5. The fraction of sp³-hybridized carbons (Fsp3) is 0.321. The van der Waals surface area contributed by atoms with Gasteiger partial charge in [-0.05, 0) is 61.1 Å². The number of nitriles is 1. The van der Waals surface area contributed by atoms with Crippen LogP contribution in [-0.4, -0.2) is 24.0 Å². The molecule has 4 rings (SSSR count). The quantitative estimate of drug-likeness (QED) is 0.336. The van der Waals surface area contributed by atoms with Crippen LogP contribution in [0.25, 0.3) is 0 Å². The molecule has 3 aromatic rings. The van der Waals surface area contributed by atoms with E-state index in [4.69, 9.17) is 11.6 Å². The predicted molar refractivity (Wildman–Crippen MR) is 139 cm³/mol. The van der Waals surface area contributed by atoms with Gasteiger partial charge in [0.25, 0.3) is 0 Å². The average Bonchev–Trinajstić information content (AvgIpc) is 2.84. The van der Waals surface area contributed by atoms with Crippen LogP contribution in [0.15, 0.2) is 84.9 Å². The molecule has 1 heterocycles. The van der Waals surface area contributed by atoms with Gasteiger partial charge in [-0.3, -0.25) is 4.90 Å². The summed E-state index contributed by atoms with van der Waals surface area (Å²) in [7, 11) is 0. The van der Waals surface area contributed by atoms with Crippen molar-refractivity contribution in [3.8, 4) is 6.07 Å². The fourth-order valence-corrected chi connectivity index (χ4v) is 5.01. The molecule has 0 radical (unpaired) electrons. The van der Waals surface area contributed by atoms with E-state index in [9.17, 15) is 5.26 Å². The van der Waals surface area contributed by atoms with E-state index >= 15 is 0 Å². The highest BCUT2D eigenvalue weighted by molar-refractivity contribution is 8.93. The van der Waals surface area contributed by atoms with Crippen molar-refractivity contribution in [3.05, 3.63) is 107 Å². The van der Waals surface area contributed by atoms with E-state index in [0.717, 1.165) is 48.5 Å². The van der Waals surface area contributed by atoms with E-state index in [2.05, 4.69) is 47.4 Å². The van der Waals surface area contributed by atoms with E-state index in [-0.39, 0.29) is 17.0 Å². The zero-order valence-corrected chi connectivity index (χ0v) is 20.8. The molecule has 0 aliphatic carbocycles. The van der Waals surface area contributed by atoms with Crippen LogP contribution in [0.2, 0.25) is 5.02 Å². The third-order valence-electron chi connectivity index (χ3n) is 6.62. The lowest BCUT2D eigenvalue weighted by atomic mass is 9.70. The van der Waals surface area contributed by atoms with Gasteiger partial charge in [0.15, 0.2) is 0 Å². The first-order chi connectivity index (χ1) is 15.2. The average molecular weight is 510 g/mol. The molecule has 1 aliphatic rings. The molecule has 4 heteroatoms. The van der Waals surface area contributed by atoms with Gasteiger partial charge in [-0.15, -0.1) is 17.0 Å². The smallest absolute Gasteiger partial charge is 0.109 e. The summed E-state index contributed by atoms with van der Waals surface area (Å²) in [5.41, 5.74) is 2.86. The lowest BCUT2D eigenvalue weighted by Crippen LogP contribution is -2.45. The van der Waals surface area contributed by atoms with Crippen molar-refractivity contribution in [2.75, 3.05) is 13.1 Å². The molecule has 32 heavy (non-hydrogen) atoms. The molecular formula is C28H30BrClN2. The van der Waals surface area contributed by atoms with Gasteiger partial charge in [0.1, 0.15) is 5.41 Å². The maximum Gasteiger partial charge on any atom is 0.109 e. The lowest BCUT2D eigenvalue weighted by Gasteiger charge is -2.40. The molecule has 1 saturated heterocycles. The van der Waals surface area contributed by atoms with Crippen LogP contribution in [0.4, 0.5) is 0 Å². The van der Waals surface area contributed by atoms with Crippen molar-refractivity contribution in [2.45, 2.75) is 43.6 Å². The van der Waals surface area contributed by atoms with Crippen LogP contribution < -0.4 is 0 Å². The van der Waals surface area contributed by atoms with Crippen LogP contribution in [0, 0.1) is 11.3 Å². The molecule has 0 amide bonds. The van der Waals surface area contributed by atoms with Gasteiger partial charge in [0.05, 0.1) is 6.07 Å². The molecule has 0 N–H and O–H groups in total. The van der Waals surface area contributed by atoms with Gasteiger partial charge < -0.3 is 0 Å². The Balaban J connectivity index is 0.00000289. The molecule has 3 aromatic carbocycles. The van der Waals surface area contributed by atoms with Crippen LogP contribution in [0.5, 0.6) is 0 Å². The van der Waals surface area contributed by atoms with E-state index in [1.54, 1.807) is 0 Å². The van der Waals surface area contributed by atoms with Crippen LogP contribution in [0.1, 0.15) is 42.4 Å². The monoisotopic (exact) mass is 508 g/mol. The second-order valence-corrected chi connectivity index (χ2v) is 8.95. The highest BCUT2D eigenvalue weighted by Crippen LogP contribution is 2.39. The molecule has 1 unspecified atom stereocenters. The van der Waals surface area contributed by atoms with Crippen molar-refractivity contribution >= 4 is 28.6 Å². The van der Waals surface area contributed by atoms with Crippen molar-refractivity contribution in [2.24, 2.45) is 0 Å². The summed E-state index contributed by atoms with van der Waals surface area (Å²) in [5.74, 6) is 0. The number of likely N-dealkylation sites (tertiary alicyclic amines) is 1. The highest BCUT2D eigenvalue weighted by Gasteiger charge is 2.39. The summed E-state index contributed by atoms with van der Waals surface area (Å²) in [6.07, 6.45) is 5.42. The third-order valence-corrected chi connectivity index (χ3v) is 6.87. The summed E-state index contributed by atoms with van der Waals surface area (Å²) in [4.78, 5) is 2.61. The maximum atomic E-state index is 10.6. The Hall–Kier alpha value is -2.12. The Bertz CT molecular complexity index is 960. The second-order valence-electron chi connectivity index (χ2n) is 8.52. The first-order valence-corrected chi connectivity index (χ1v) is 11.6. The van der Waals surface area contributed by atoms with Crippen LogP contribution in [-0.2, 0) is 11.8 Å². The lowest BCUT2D eigenvalue weighted by molar-refractivity contribution is 0.131. The molecule has 0 spiro atoms. The Morgan fingerprint density at radius 2 is 1.47 bits per heavy atom. The summed E-state index contributed by atoms with van der Waals surface area (Å²) >= 11 is 6.05. The Labute approximate surface area is 207 Å². The molecule has 2 nitrogen and oxygen atoms in total. The van der Waals surface area contributed by atoms with E-state index in [0.29, 0.717) is 6.04 Å². The van der Waals surface area contributed by atoms with Gasteiger partial charge >= 0.3 is 0 Å². The standard InChI is InChI=1S/C28H29ClN2.BrH/c29-26-16-14-23(15-17-26)18-20-31-19-8-7-13-27(31)21-28(22-30,24-9-3-1-4-10-24)25-11-5-2-6-12-25;/h1-6,9-12,14-17,27H,7-8,13,18-21H2;1H. The zero-order valence-electron chi connectivity index (χ0n) is 18.3. The topological polar surface area (TPSA) is 27.0 Å². The third kappa shape index (κ3) is 5.62. The minimum Gasteiger partial charge on any atom is -0.300 e.